The minimum absolute atomic E-state index is 0.616. The summed E-state index contributed by atoms with van der Waals surface area (Å²) < 4.78 is 10.9. The summed E-state index contributed by atoms with van der Waals surface area (Å²) in [7, 11) is 1.55. The number of methoxy groups -OCH3 is 1. The van der Waals surface area contributed by atoms with Gasteiger partial charge in [-0.15, -0.1) is 0 Å². The number of hydrogen-bond donors (Lipinski definition) is 1. The Bertz CT molecular complexity index is 496. The van der Waals surface area contributed by atoms with Gasteiger partial charge in [0.2, 0.25) is 0 Å². The van der Waals surface area contributed by atoms with Crippen molar-refractivity contribution in [1.29, 1.82) is 0 Å². The normalized spacial score (nSPS) is 12.4. The molecule has 0 spiro atoms. The quantitative estimate of drug-likeness (QED) is 0.852. The molecule has 20 heavy (non-hydrogen) atoms. The van der Waals surface area contributed by atoms with Gasteiger partial charge in [0.15, 0.2) is 0 Å². The highest BCUT2D eigenvalue weighted by molar-refractivity contribution is 9.10. The van der Waals surface area contributed by atoms with Crippen molar-refractivity contribution in [3.8, 4) is 5.75 Å². The third-order valence-corrected chi connectivity index (χ3v) is 3.04. The smallest absolute Gasteiger partial charge is 0.408 e. The van der Waals surface area contributed by atoms with Crippen LogP contribution in [0.5, 0.6) is 5.75 Å². The molecule has 0 fully saturated rings. The van der Waals surface area contributed by atoms with Gasteiger partial charge in [-0.05, 0) is 38.5 Å². The minimum atomic E-state index is -0.787. The summed E-state index contributed by atoms with van der Waals surface area (Å²) >= 11 is 3.35. The van der Waals surface area contributed by atoms with Crippen LogP contribution in [0.4, 0.5) is 4.79 Å². The van der Waals surface area contributed by atoms with Gasteiger partial charge < -0.3 is 19.6 Å². The number of ether oxygens (including phenoxy) is 2. The van der Waals surface area contributed by atoms with E-state index in [0.717, 1.165) is 0 Å². The average Bonchev–Trinajstić information content (AvgIpc) is 2.34. The Morgan fingerprint density at radius 1 is 1.40 bits per heavy atom. The van der Waals surface area contributed by atoms with E-state index in [1.807, 2.05) is 0 Å². The van der Waals surface area contributed by atoms with E-state index in [9.17, 15) is 9.59 Å². The van der Waals surface area contributed by atoms with Gasteiger partial charge in [-0.3, -0.25) is 0 Å². The molecular formula is C14H18BrNO4. The predicted octanol–water partition coefficient (Wildman–Crippen LogP) is 3.22. The molecule has 0 radical (unpaired) electrons. The zero-order chi connectivity index (χ0) is 15.3. The van der Waals surface area contributed by atoms with Crippen molar-refractivity contribution in [2.75, 3.05) is 7.11 Å². The molecule has 0 aromatic heterocycles. The van der Waals surface area contributed by atoms with Crippen LogP contribution in [0.2, 0.25) is 0 Å². The number of halogens is 1. The summed E-state index contributed by atoms with van der Waals surface area (Å²) in [5, 5.41) is 2.52. The molecule has 1 aromatic rings. The largest absolute Gasteiger partial charge is 0.497 e. The predicted molar refractivity (Wildman–Crippen MR) is 78.9 cm³/mol. The van der Waals surface area contributed by atoms with E-state index in [2.05, 4.69) is 21.2 Å². The fraction of sp³-hybridized carbons (Fsp3) is 0.429. The molecule has 0 bridgehead atoms. The van der Waals surface area contributed by atoms with Crippen LogP contribution in [0.25, 0.3) is 0 Å². The summed E-state index contributed by atoms with van der Waals surface area (Å²) in [6.45, 7) is 5.27. The molecular weight excluding hydrogens is 326 g/mol. The summed E-state index contributed by atoms with van der Waals surface area (Å²) in [5.74, 6) is 0.655. The Morgan fingerprint density at radius 3 is 2.50 bits per heavy atom. The Kier molecular flexibility index (Phi) is 5.56. The Hall–Kier alpha value is -1.56. The molecule has 1 rings (SSSR count). The van der Waals surface area contributed by atoms with Crippen molar-refractivity contribution in [3.63, 3.8) is 0 Å². The molecule has 1 amide bonds. The number of aldehydes is 1. The monoisotopic (exact) mass is 343 g/mol. The summed E-state index contributed by atoms with van der Waals surface area (Å²) in [6.07, 6.45) is 0.00792. The average molecular weight is 344 g/mol. The summed E-state index contributed by atoms with van der Waals surface area (Å²) in [4.78, 5) is 22.9. The second kappa shape index (κ2) is 6.74. The fourth-order valence-corrected chi connectivity index (χ4v) is 2.11. The molecule has 0 aliphatic rings. The van der Waals surface area contributed by atoms with Crippen molar-refractivity contribution >= 4 is 28.3 Å². The molecule has 1 aromatic carbocycles. The number of amides is 1. The van der Waals surface area contributed by atoms with E-state index in [1.165, 1.54) is 0 Å². The number of nitrogens with one attached hydrogen (secondary N) is 1. The van der Waals surface area contributed by atoms with Crippen LogP contribution in [-0.2, 0) is 9.53 Å². The van der Waals surface area contributed by atoms with Crippen LogP contribution in [-0.4, -0.2) is 25.1 Å². The van der Waals surface area contributed by atoms with Gasteiger partial charge in [0.25, 0.3) is 0 Å². The first-order valence-electron chi connectivity index (χ1n) is 6.05. The lowest BCUT2D eigenvalue weighted by Gasteiger charge is -2.22. The third kappa shape index (κ3) is 4.85. The van der Waals surface area contributed by atoms with E-state index in [-0.39, 0.29) is 0 Å². The number of alkyl carbamates (subject to hydrolysis) is 1. The first-order chi connectivity index (χ1) is 9.26. The topological polar surface area (TPSA) is 64.6 Å². The molecule has 0 aliphatic carbocycles. The van der Waals surface area contributed by atoms with Crippen LogP contribution in [0.15, 0.2) is 22.7 Å². The van der Waals surface area contributed by atoms with E-state index >= 15 is 0 Å². The number of hydrogen-bond acceptors (Lipinski definition) is 4. The summed E-state index contributed by atoms with van der Waals surface area (Å²) in [5.41, 5.74) is 0.0148. The lowest BCUT2D eigenvalue weighted by molar-refractivity contribution is -0.109. The van der Waals surface area contributed by atoms with E-state index in [0.29, 0.717) is 22.1 Å². The van der Waals surface area contributed by atoms with Gasteiger partial charge in [-0.1, -0.05) is 22.0 Å². The van der Waals surface area contributed by atoms with Crippen molar-refractivity contribution in [1.82, 2.24) is 5.32 Å². The third-order valence-electron chi connectivity index (χ3n) is 2.35. The van der Waals surface area contributed by atoms with Crippen molar-refractivity contribution in [2.45, 2.75) is 32.4 Å². The molecule has 110 valence electrons. The zero-order valence-electron chi connectivity index (χ0n) is 11.9. The standard InChI is InChI=1S/C14H18BrNO4/c1-14(2,3)20-13(18)16-12(8-17)10-6-5-9(19-4)7-11(10)15/h5-8,12H,1-4H3,(H,16,18). The molecule has 0 heterocycles. The van der Waals surface area contributed by atoms with Gasteiger partial charge in [0.05, 0.1) is 7.11 Å². The minimum Gasteiger partial charge on any atom is -0.497 e. The first kappa shape index (κ1) is 16.5. The van der Waals surface area contributed by atoms with Gasteiger partial charge >= 0.3 is 6.09 Å². The lowest BCUT2D eigenvalue weighted by Crippen LogP contribution is -2.35. The van der Waals surface area contributed by atoms with Crippen molar-refractivity contribution in [3.05, 3.63) is 28.2 Å². The van der Waals surface area contributed by atoms with Gasteiger partial charge in [0.1, 0.15) is 23.7 Å². The van der Waals surface area contributed by atoms with Crippen molar-refractivity contribution in [2.24, 2.45) is 0 Å². The van der Waals surface area contributed by atoms with Crippen LogP contribution in [0.1, 0.15) is 32.4 Å². The molecule has 1 atom stereocenters. The van der Waals surface area contributed by atoms with E-state index in [1.54, 1.807) is 46.1 Å². The SMILES string of the molecule is COc1ccc(C(C=O)NC(=O)OC(C)(C)C)c(Br)c1. The number of rotatable bonds is 4. The van der Waals surface area contributed by atoms with Gasteiger partial charge in [0, 0.05) is 4.47 Å². The van der Waals surface area contributed by atoms with Crippen LogP contribution < -0.4 is 10.1 Å². The Labute approximate surface area is 126 Å². The molecule has 0 saturated heterocycles. The molecule has 1 N–H and O–H groups in total. The highest BCUT2D eigenvalue weighted by atomic mass is 79.9. The van der Waals surface area contributed by atoms with Crippen LogP contribution in [0.3, 0.4) is 0 Å². The van der Waals surface area contributed by atoms with Crippen molar-refractivity contribution < 1.29 is 19.1 Å². The highest BCUT2D eigenvalue weighted by Crippen LogP contribution is 2.27. The van der Waals surface area contributed by atoms with E-state index < -0.39 is 17.7 Å². The molecule has 0 aliphatic heterocycles. The molecule has 6 heteroatoms. The summed E-state index contributed by atoms with van der Waals surface area (Å²) in [6, 6.07) is 4.36. The maximum Gasteiger partial charge on any atom is 0.408 e. The maximum atomic E-state index is 11.7. The highest BCUT2D eigenvalue weighted by Gasteiger charge is 2.21. The molecule has 1 unspecified atom stereocenters. The Balaban J connectivity index is 2.86. The van der Waals surface area contributed by atoms with Gasteiger partial charge in [-0.2, -0.15) is 0 Å². The molecule has 5 nitrogen and oxygen atoms in total. The fourth-order valence-electron chi connectivity index (χ4n) is 1.51. The Morgan fingerprint density at radius 2 is 2.05 bits per heavy atom. The second-order valence-electron chi connectivity index (χ2n) is 5.15. The number of benzene rings is 1. The lowest BCUT2D eigenvalue weighted by atomic mass is 10.1. The maximum absolute atomic E-state index is 11.7. The second-order valence-corrected chi connectivity index (χ2v) is 6.00. The van der Waals surface area contributed by atoms with Gasteiger partial charge in [-0.25, -0.2) is 4.79 Å². The van der Waals surface area contributed by atoms with Crippen LogP contribution >= 0.6 is 15.9 Å². The first-order valence-corrected chi connectivity index (χ1v) is 6.84. The number of carbonyl (C=O) groups is 2. The molecule has 0 saturated carbocycles. The number of carbonyl (C=O) groups excluding carboxylic acids is 2. The van der Waals surface area contributed by atoms with Crippen LogP contribution in [0, 0.1) is 0 Å². The zero-order valence-corrected chi connectivity index (χ0v) is 13.5. The van der Waals surface area contributed by atoms with E-state index in [4.69, 9.17) is 9.47 Å².